The molecule has 0 aromatic heterocycles. The molecule has 2 amide bonds. The smallest absolute Gasteiger partial charge is 0.251 e. The highest BCUT2D eigenvalue weighted by molar-refractivity contribution is 5.98. The van der Waals surface area contributed by atoms with Gasteiger partial charge in [0.25, 0.3) is 5.91 Å². The maximum Gasteiger partial charge on any atom is 0.251 e. The SMILES string of the molecule is CC(C)(N)C(=O)Nc1ccc(C(=O)NC2CCOCC2)cc1. The first-order valence-electron chi connectivity index (χ1n) is 7.45. The predicted octanol–water partition coefficient (Wildman–Crippen LogP) is 1.27. The van der Waals surface area contributed by atoms with Crippen molar-refractivity contribution < 1.29 is 14.3 Å². The molecule has 6 nitrogen and oxygen atoms in total. The maximum atomic E-state index is 12.1. The average Bonchev–Trinajstić information content (AvgIpc) is 2.48. The summed E-state index contributed by atoms with van der Waals surface area (Å²) in [5.41, 5.74) is 5.96. The molecule has 0 unspecified atom stereocenters. The summed E-state index contributed by atoms with van der Waals surface area (Å²) in [5.74, 6) is -0.379. The van der Waals surface area contributed by atoms with Crippen molar-refractivity contribution in [2.45, 2.75) is 38.3 Å². The van der Waals surface area contributed by atoms with Crippen LogP contribution in [0, 0.1) is 0 Å². The molecule has 0 spiro atoms. The number of hydrogen-bond donors (Lipinski definition) is 3. The Hall–Kier alpha value is -1.92. The monoisotopic (exact) mass is 305 g/mol. The number of carbonyl (C=O) groups excluding carboxylic acids is 2. The van der Waals surface area contributed by atoms with E-state index in [1.165, 1.54) is 0 Å². The van der Waals surface area contributed by atoms with Crippen LogP contribution in [0.1, 0.15) is 37.0 Å². The van der Waals surface area contributed by atoms with E-state index in [1.54, 1.807) is 38.1 Å². The minimum atomic E-state index is -0.945. The topological polar surface area (TPSA) is 93.5 Å². The third-order valence-corrected chi connectivity index (χ3v) is 3.55. The Morgan fingerprint density at radius 1 is 1.18 bits per heavy atom. The molecular formula is C16H23N3O3. The molecule has 0 radical (unpaired) electrons. The van der Waals surface area contributed by atoms with Gasteiger partial charge in [-0.15, -0.1) is 0 Å². The molecule has 4 N–H and O–H groups in total. The second-order valence-electron chi connectivity index (χ2n) is 6.11. The Morgan fingerprint density at radius 3 is 2.32 bits per heavy atom. The zero-order chi connectivity index (χ0) is 16.2. The molecule has 1 aliphatic heterocycles. The highest BCUT2D eigenvalue weighted by atomic mass is 16.5. The molecule has 0 saturated carbocycles. The Morgan fingerprint density at radius 2 is 1.77 bits per heavy atom. The molecule has 2 rings (SSSR count). The van der Waals surface area contributed by atoms with Gasteiger partial charge < -0.3 is 21.1 Å². The summed E-state index contributed by atoms with van der Waals surface area (Å²) in [6.07, 6.45) is 1.68. The average molecular weight is 305 g/mol. The first kappa shape index (κ1) is 16.5. The van der Waals surface area contributed by atoms with E-state index in [-0.39, 0.29) is 17.9 Å². The molecule has 1 aromatic rings. The minimum Gasteiger partial charge on any atom is -0.381 e. The number of ether oxygens (including phenoxy) is 1. The molecule has 0 aliphatic carbocycles. The van der Waals surface area contributed by atoms with E-state index in [2.05, 4.69) is 10.6 Å². The van der Waals surface area contributed by atoms with Crippen LogP contribution in [0.25, 0.3) is 0 Å². The van der Waals surface area contributed by atoms with Gasteiger partial charge in [-0.25, -0.2) is 0 Å². The van der Waals surface area contributed by atoms with E-state index in [0.717, 1.165) is 12.8 Å². The van der Waals surface area contributed by atoms with Gasteiger partial charge in [-0.1, -0.05) is 0 Å². The Labute approximate surface area is 130 Å². The van der Waals surface area contributed by atoms with Gasteiger partial charge in [-0.2, -0.15) is 0 Å². The number of carbonyl (C=O) groups is 2. The first-order valence-corrected chi connectivity index (χ1v) is 7.45. The molecule has 120 valence electrons. The molecular weight excluding hydrogens is 282 g/mol. The van der Waals surface area contributed by atoms with Gasteiger partial charge in [0.15, 0.2) is 0 Å². The van der Waals surface area contributed by atoms with Crippen LogP contribution in [0.4, 0.5) is 5.69 Å². The lowest BCUT2D eigenvalue weighted by atomic mass is 10.1. The number of benzene rings is 1. The van der Waals surface area contributed by atoms with Gasteiger partial charge in [-0.3, -0.25) is 9.59 Å². The fraction of sp³-hybridized carbons (Fsp3) is 0.500. The zero-order valence-corrected chi connectivity index (χ0v) is 13.0. The summed E-state index contributed by atoms with van der Waals surface area (Å²) in [5, 5.41) is 5.71. The van der Waals surface area contributed by atoms with Crippen LogP contribution in [0.5, 0.6) is 0 Å². The van der Waals surface area contributed by atoms with E-state index in [9.17, 15) is 9.59 Å². The number of nitrogens with one attached hydrogen (secondary N) is 2. The van der Waals surface area contributed by atoms with Crippen LogP contribution in [-0.4, -0.2) is 36.6 Å². The van der Waals surface area contributed by atoms with Crippen LogP contribution in [0.2, 0.25) is 0 Å². The third kappa shape index (κ3) is 4.54. The minimum absolute atomic E-state index is 0.107. The number of rotatable bonds is 4. The third-order valence-electron chi connectivity index (χ3n) is 3.55. The van der Waals surface area contributed by atoms with E-state index < -0.39 is 5.54 Å². The zero-order valence-electron chi connectivity index (χ0n) is 13.0. The van der Waals surface area contributed by atoms with Gasteiger partial charge in [0.1, 0.15) is 0 Å². The molecule has 1 heterocycles. The van der Waals surface area contributed by atoms with Crippen molar-refractivity contribution in [3.8, 4) is 0 Å². The summed E-state index contributed by atoms with van der Waals surface area (Å²) in [6, 6.07) is 6.94. The van der Waals surface area contributed by atoms with Crippen molar-refractivity contribution in [1.82, 2.24) is 5.32 Å². The fourth-order valence-corrected chi connectivity index (χ4v) is 2.11. The van der Waals surface area contributed by atoms with Gasteiger partial charge in [0.05, 0.1) is 5.54 Å². The largest absolute Gasteiger partial charge is 0.381 e. The fourth-order valence-electron chi connectivity index (χ4n) is 2.11. The molecule has 0 bridgehead atoms. The molecule has 1 aliphatic rings. The summed E-state index contributed by atoms with van der Waals surface area (Å²) in [4.78, 5) is 23.9. The van der Waals surface area contributed by atoms with E-state index in [1.807, 2.05) is 0 Å². The highest BCUT2D eigenvalue weighted by Crippen LogP contribution is 2.13. The Balaban J connectivity index is 1.93. The highest BCUT2D eigenvalue weighted by Gasteiger charge is 2.22. The van der Waals surface area contributed by atoms with Crippen molar-refractivity contribution in [1.29, 1.82) is 0 Å². The summed E-state index contributed by atoms with van der Waals surface area (Å²) in [6.45, 7) is 4.64. The standard InChI is InChI=1S/C16H23N3O3/c1-16(2,17)15(21)19-12-5-3-11(4-6-12)14(20)18-13-7-9-22-10-8-13/h3-6,13H,7-10,17H2,1-2H3,(H,18,20)(H,19,21). The second kappa shape index (κ2) is 6.89. The van der Waals surface area contributed by atoms with Gasteiger partial charge in [-0.05, 0) is 51.0 Å². The molecule has 0 atom stereocenters. The molecule has 6 heteroatoms. The maximum absolute atomic E-state index is 12.1. The van der Waals surface area contributed by atoms with E-state index in [4.69, 9.17) is 10.5 Å². The first-order chi connectivity index (χ1) is 10.4. The molecule has 1 saturated heterocycles. The van der Waals surface area contributed by atoms with Gasteiger partial charge in [0, 0.05) is 30.5 Å². The van der Waals surface area contributed by atoms with E-state index >= 15 is 0 Å². The number of amides is 2. The number of anilines is 1. The van der Waals surface area contributed by atoms with Crippen molar-refractivity contribution in [3.63, 3.8) is 0 Å². The lowest BCUT2D eigenvalue weighted by Crippen LogP contribution is -2.45. The summed E-state index contributed by atoms with van der Waals surface area (Å²) in [7, 11) is 0. The van der Waals surface area contributed by atoms with Crippen molar-refractivity contribution in [3.05, 3.63) is 29.8 Å². The van der Waals surface area contributed by atoms with Crippen LogP contribution in [-0.2, 0) is 9.53 Å². The normalized spacial score (nSPS) is 16.1. The summed E-state index contributed by atoms with van der Waals surface area (Å²) < 4.78 is 5.27. The van der Waals surface area contributed by atoms with Crippen LogP contribution >= 0.6 is 0 Å². The number of nitrogens with two attached hydrogens (primary N) is 1. The Bertz CT molecular complexity index is 529. The second-order valence-corrected chi connectivity index (χ2v) is 6.11. The van der Waals surface area contributed by atoms with E-state index in [0.29, 0.717) is 24.5 Å². The van der Waals surface area contributed by atoms with Crippen molar-refractivity contribution >= 4 is 17.5 Å². The van der Waals surface area contributed by atoms with Gasteiger partial charge in [0.2, 0.25) is 5.91 Å². The van der Waals surface area contributed by atoms with Crippen LogP contribution in [0.15, 0.2) is 24.3 Å². The molecule has 22 heavy (non-hydrogen) atoms. The van der Waals surface area contributed by atoms with Crippen LogP contribution in [0.3, 0.4) is 0 Å². The lowest BCUT2D eigenvalue weighted by molar-refractivity contribution is -0.120. The van der Waals surface area contributed by atoms with Crippen molar-refractivity contribution in [2.24, 2.45) is 5.73 Å². The lowest BCUT2D eigenvalue weighted by Gasteiger charge is -2.23. The molecule has 1 aromatic carbocycles. The molecule has 1 fully saturated rings. The van der Waals surface area contributed by atoms with Gasteiger partial charge >= 0.3 is 0 Å². The van der Waals surface area contributed by atoms with Crippen LogP contribution < -0.4 is 16.4 Å². The predicted molar refractivity (Wildman–Crippen MR) is 84.6 cm³/mol. The quantitative estimate of drug-likeness (QED) is 0.781. The Kier molecular flexibility index (Phi) is 5.15. The summed E-state index contributed by atoms with van der Waals surface area (Å²) >= 11 is 0. The number of hydrogen-bond acceptors (Lipinski definition) is 4. The van der Waals surface area contributed by atoms with Crippen molar-refractivity contribution in [2.75, 3.05) is 18.5 Å².